The fourth-order valence-electron chi connectivity index (χ4n) is 13.4. The van der Waals surface area contributed by atoms with Crippen LogP contribution in [0.15, 0.2) is 218 Å². The summed E-state index contributed by atoms with van der Waals surface area (Å²) in [5.74, 6) is 0. The zero-order valence-corrected chi connectivity index (χ0v) is 41.2. The standard InChI is InChI=1S/C69H54N2/c1-67(2)60-27-17-15-24-52(60)54-36-31-48(41-62(54)67)70(44-19-9-7-10-20-44)46-30-35-50-43(39-46)29-34-58-64-56-26-14-13-23-51(56)59-40-47(33-38-57(59)66(64)69(5,6)65(50)58)71(45-21-11-8-12-22-45)49-32-37-55-53-25-16-18-28-61(53)68(3,4)63(55)42-49/h7-42H,1-6H3. The van der Waals surface area contributed by atoms with E-state index in [0.717, 1.165) is 34.1 Å². The van der Waals surface area contributed by atoms with Gasteiger partial charge in [0.15, 0.2) is 0 Å². The number of nitrogens with zero attached hydrogens (tertiary/aromatic N) is 2. The molecule has 2 heteroatoms. The molecule has 0 heterocycles. The van der Waals surface area contributed by atoms with Crippen molar-refractivity contribution >= 4 is 66.4 Å². The normalized spacial score (nSPS) is 15.0. The third-order valence-electron chi connectivity index (χ3n) is 16.7. The molecule has 11 aromatic carbocycles. The predicted molar refractivity (Wildman–Crippen MR) is 301 cm³/mol. The Hall–Kier alpha value is -8.20. The van der Waals surface area contributed by atoms with Gasteiger partial charge in [-0.2, -0.15) is 0 Å². The number of benzene rings is 11. The summed E-state index contributed by atoms with van der Waals surface area (Å²) in [4.78, 5) is 4.89. The van der Waals surface area contributed by atoms with E-state index in [4.69, 9.17) is 0 Å². The molecule has 3 aliphatic rings. The van der Waals surface area contributed by atoms with E-state index in [0.29, 0.717) is 0 Å². The molecule has 0 N–H and O–H groups in total. The van der Waals surface area contributed by atoms with Gasteiger partial charge in [-0.1, -0.05) is 187 Å². The van der Waals surface area contributed by atoms with Crippen LogP contribution in [0.25, 0.3) is 65.7 Å². The van der Waals surface area contributed by atoms with Gasteiger partial charge in [-0.05, 0) is 172 Å². The minimum absolute atomic E-state index is 0.0981. The Morgan fingerprint density at radius 1 is 0.254 bits per heavy atom. The van der Waals surface area contributed by atoms with Gasteiger partial charge in [-0.25, -0.2) is 0 Å². The molecule has 0 unspecified atom stereocenters. The quantitative estimate of drug-likeness (QED) is 0.153. The summed E-state index contributed by atoms with van der Waals surface area (Å²) in [6.45, 7) is 14.4. The Labute approximate surface area is 417 Å². The molecule has 0 spiro atoms. The number of rotatable bonds is 6. The maximum Gasteiger partial charge on any atom is 0.0468 e. The molecule has 3 aliphatic carbocycles. The summed E-state index contributed by atoms with van der Waals surface area (Å²) in [6.07, 6.45) is 0. The number of fused-ring (bicyclic) bond motifs is 16. The maximum absolute atomic E-state index is 2.46. The van der Waals surface area contributed by atoms with E-state index in [1.165, 1.54) is 99.1 Å². The molecule has 0 saturated carbocycles. The third kappa shape index (κ3) is 5.88. The van der Waals surface area contributed by atoms with Gasteiger partial charge in [0.2, 0.25) is 0 Å². The first-order chi connectivity index (χ1) is 34.5. The van der Waals surface area contributed by atoms with Gasteiger partial charge in [-0.3, -0.25) is 0 Å². The molecule has 340 valence electrons. The van der Waals surface area contributed by atoms with Crippen LogP contribution in [0.4, 0.5) is 34.1 Å². The molecule has 0 amide bonds. The first kappa shape index (κ1) is 41.7. The highest BCUT2D eigenvalue weighted by Gasteiger charge is 2.41. The fraction of sp³-hybridized carbons (Fsp3) is 0.130. The van der Waals surface area contributed by atoms with Crippen molar-refractivity contribution in [1.82, 2.24) is 0 Å². The Bertz CT molecular complexity index is 4030. The fourth-order valence-corrected chi connectivity index (χ4v) is 13.4. The first-order valence-corrected chi connectivity index (χ1v) is 25.3. The van der Waals surface area contributed by atoms with Crippen LogP contribution in [-0.2, 0) is 16.2 Å². The second-order valence-electron chi connectivity index (χ2n) is 21.7. The lowest BCUT2D eigenvalue weighted by atomic mass is 9.77. The molecule has 0 radical (unpaired) electrons. The topological polar surface area (TPSA) is 6.48 Å². The van der Waals surface area contributed by atoms with E-state index < -0.39 is 0 Å². The van der Waals surface area contributed by atoms with Gasteiger partial charge < -0.3 is 9.80 Å². The zero-order valence-electron chi connectivity index (χ0n) is 41.2. The minimum Gasteiger partial charge on any atom is -0.310 e. The highest BCUT2D eigenvalue weighted by atomic mass is 15.1. The molecule has 14 rings (SSSR count). The molecule has 0 saturated heterocycles. The lowest BCUT2D eigenvalue weighted by molar-refractivity contribution is 0.660. The van der Waals surface area contributed by atoms with Gasteiger partial charge >= 0.3 is 0 Å². The summed E-state index contributed by atoms with van der Waals surface area (Å²) in [7, 11) is 0. The van der Waals surface area contributed by atoms with Crippen molar-refractivity contribution < 1.29 is 0 Å². The molecule has 0 atom stereocenters. The summed E-state index contributed by atoms with van der Waals surface area (Å²) < 4.78 is 0. The molecule has 0 bridgehead atoms. The van der Waals surface area contributed by atoms with Crippen molar-refractivity contribution in [1.29, 1.82) is 0 Å². The highest BCUT2D eigenvalue weighted by molar-refractivity contribution is 6.20. The SMILES string of the molecule is CC1(C)c2ccccc2-c2ccc(N(c3ccccc3)c3ccc4c5c(ccc4c3)-c3c(c4ccc(N(c6ccccc6)c6ccc7c(c6)C(C)(C)c6ccccc6-7)cc4c4ccccc34)C5(C)C)cc21. The molecule has 0 aliphatic heterocycles. The molecule has 0 fully saturated rings. The van der Waals surface area contributed by atoms with Crippen LogP contribution in [0.5, 0.6) is 0 Å². The molecule has 2 nitrogen and oxygen atoms in total. The Morgan fingerprint density at radius 2 is 0.690 bits per heavy atom. The molecule has 0 aromatic heterocycles. The highest BCUT2D eigenvalue weighted by Crippen LogP contribution is 2.58. The van der Waals surface area contributed by atoms with E-state index >= 15 is 0 Å². The maximum atomic E-state index is 2.46. The van der Waals surface area contributed by atoms with Crippen LogP contribution >= 0.6 is 0 Å². The first-order valence-electron chi connectivity index (χ1n) is 25.3. The van der Waals surface area contributed by atoms with Crippen LogP contribution < -0.4 is 9.80 Å². The van der Waals surface area contributed by atoms with Gasteiger partial charge in [0.25, 0.3) is 0 Å². The summed E-state index contributed by atoms with van der Waals surface area (Å²) >= 11 is 0. The van der Waals surface area contributed by atoms with Crippen molar-refractivity contribution in [2.75, 3.05) is 9.80 Å². The van der Waals surface area contributed by atoms with Crippen molar-refractivity contribution in [3.05, 3.63) is 252 Å². The zero-order chi connectivity index (χ0) is 48.0. The minimum atomic E-state index is -0.283. The molecule has 11 aromatic rings. The Morgan fingerprint density at radius 3 is 1.27 bits per heavy atom. The number of anilines is 6. The third-order valence-corrected chi connectivity index (χ3v) is 16.7. The lowest BCUT2D eigenvalue weighted by Crippen LogP contribution is -2.17. The average molecular weight is 911 g/mol. The van der Waals surface area contributed by atoms with Crippen molar-refractivity contribution in [2.24, 2.45) is 0 Å². The summed E-state index contributed by atoms with van der Waals surface area (Å²) in [5.41, 5.74) is 22.8. The number of hydrogen-bond donors (Lipinski definition) is 0. The van der Waals surface area contributed by atoms with E-state index in [1.807, 2.05) is 0 Å². The molecule has 71 heavy (non-hydrogen) atoms. The van der Waals surface area contributed by atoms with E-state index in [-0.39, 0.29) is 16.2 Å². The van der Waals surface area contributed by atoms with Crippen molar-refractivity contribution in [3.63, 3.8) is 0 Å². The van der Waals surface area contributed by atoms with Crippen LogP contribution in [-0.4, -0.2) is 0 Å². The van der Waals surface area contributed by atoms with Gasteiger partial charge in [0.1, 0.15) is 0 Å². The van der Waals surface area contributed by atoms with E-state index in [2.05, 4.69) is 270 Å². The number of hydrogen-bond acceptors (Lipinski definition) is 2. The van der Waals surface area contributed by atoms with Crippen molar-refractivity contribution in [3.8, 4) is 33.4 Å². The van der Waals surface area contributed by atoms with E-state index in [9.17, 15) is 0 Å². The number of para-hydroxylation sites is 2. The molecular weight excluding hydrogens is 857 g/mol. The van der Waals surface area contributed by atoms with Gasteiger partial charge in [-0.15, -0.1) is 0 Å². The van der Waals surface area contributed by atoms with Crippen LogP contribution in [0.3, 0.4) is 0 Å². The van der Waals surface area contributed by atoms with Gasteiger partial charge in [0, 0.05) is 50.4 Å². The lowest BCUT2D eigenvalue weighted by Gasteiger charge is -2.29. The summed E-state index contributed by atoms with van der Waals surface area (Å²) in [5, 5.41) is 7.71. The smallest absolute Gasteiger partial charge is 0.0468 e. The van der Waals surface area contributed by atoms with Crippen LogP contribution in [0.1, 0.15) is 74.9 Å². The van der Waals surface area contributed by atoms with E-state index in [1.54, 1.807) is 0 Å². The van der Waals surface area contributed by atoms with Crippen molar-refractivity contribution in [2.45, 2.75) is 57.8 Å². The second kappa shape index (κ2) is 14.9. The van der Waals surface area contributed by atoms with Crippen LogP contribution in [0, 0.1) is 0 Å². The van der Waals surface area contributed by atoms with Gasteiger partial charge in [0.05, 0.1) is 0 Å². The molecular formula is C69H54N2. The second-order valence-corrected chi connectivity index (χ2v) is 21.7. The average Bonchev–Trinajstić information content (AvgIpc) is 3.89. The summed E-state index contributed by atoms with van der Waals surface area (Å²) in [6, 6.07) is 82.0. The Kier molecular flexibility index (Phi) is 8.76. The Balaban J connectivity index is 0.910. The largest absolute Gasteiger partial charge is 0.310 e. The predicted octanol–water partition coefficient (Wildman–Crippen LogP) is 19.0. The van der Waals surface area contributed by atoms with Crippen LogP contribution in [0.2, 0.25) is 0 Å². The monoisotopic (exact) mass is 910 g/mol.